The molecule has 0 fully saturated rings. The van der Waals surface area contributed by atoms with Crippen LogP contribution < -0.4 is 10.1 Å². The second kappa shape index (κ2) is 18.8. The SMILES string of the molecule is O=C(Nc1ccccc1)c1ccccc1O.O=C(Oc1ccccc1)c1ccccc1O.Oc1ccccc1.Oc1ccccc1O. The number of hydrogen-bond donors (Lipinski definition) is 6. The lowest BCUT2D eigenvalue weighted by molar-refractivity contribution is 0.0731. The van der Waals surface area contributed by atoms with Gasteiger partial charge in [-0.3, -0.25) is 4.79 Å². The van der Waals surface area contributed by atoms with Gasteiger partial charge >= 0.3 is 5.97 Å². The maximum Gasteiger partial charge on any atom is 0.347 e. The summed E-state index contributed by atoms with van der Waals surface area (Å²) < 4.78 is 5.08. The largest absolute Gasteiger partial charge is 0.508 e. The quantitative estimate of drug-likeness (QED) is 0.0655. The van der Waals surface area contributed by atoms with E-state index in [0.29, 0.717) is 17.2 Å². The van der Waals surface area contributed by atoms with Gasteiger partial charge in [-0.25, -0.2) is 4.79 Å². The zero-order chi connectivity index (χ0) is 33.9. The molecule has 0 radical (unpaired) electrons. The van der Waals surface area contributed by atoms with Gasteiger partial charge in [-0.1, -0.05) is 91.0 Å². The summed E-state index contributed by atoms with van der Waals surface area (Å²) in [5.74, 6) is -0.355. The number of para-hydroxylation sites is 7. The van der Waals surface area contributed by atoms with Crippen molar-refractivity contribution < 1.29 is 39.9 Å². The number of hydrogen-bond acceptors (Lipinski definition) is 8. The Labute approximate surface area is 271 Å². The molecule has 1 amide bonds. The van der Waals surface area contributed by atoms with Crippen molar-refractivity contribution >= 4 is 17.6 Å². The van der Waals surface area contributed by atoms with Crippen LogP contribution in [0.4, 0.5) is 5.69 Å². The van der Waals surface area contributed by atoms with E-state index in [9.17, 15) is 19.8 Å². The number of carbonyl (C=O) groups is 2. The van der Waals surface area contributed by atoms with E-state index in [4.69, 9.17) is 20.1 Å². The summed E-state index contributed by atoms with van der Waals surface area (Å²) in [4.78, 5) is 23.4. The van der Waals surface area contributed by atoms with Gasteiger partial charge < -0.3 is 35.6 Å². The topological polar surface area (TPSA) is 157 Å². The third-order valence-electron chi connectivity index (χ3n) is 5.90. The molecule has 0 aliphatic carbocycles. The highest BCUT2D eigenvalue weighted by Crippen LogP contribution is 2.22. The summed E-state index contributed by atoms with van der Waals surface area (Å²) in [5.41, 5.74) is 1.13. The van der Waals surface area contributed by atoms with Crippen LogP contribution in [-0.4, -0.2) is 37.4 Å². The van der Waals surface area contributed by atoms with Crippen LogP contribution in [-0.2, 0) is 0 Å². The molecule has 0 saturated carbocycles. The van der Waals surface area contributed by atoms with Gasteiger partial charge in [0, 0.05) is 5.69 Å². The smallest absolute Gasteiger partial charge is 0.347 e. The number of aromatic hydroxyl groups is 5. The van der Waals surface area contributed by atoms with E-state index < -0.39 is 5.97 Å². The molecule has 0 spiro atoms. The van der Waals surface area contributed by atoms with Crippen molar-refractivity contribution in [3.63, 3.8) is 0 Å². The van der Waals surface area contributed by atoms with Gasteiger partial charge in [-0.2, -0.15) is 0 Å². The molecule has 0 unspecified atom stereocenters. The summed E-state index contributed by atoms with van der Waals surface area (Å²) >= 11 is 0. The summed E-state index contributed by atoms with van der Waals surface area (Å²) in [6.45, 7) is 0. The van der Waals surface area contributed by atoms with Gasteiger partial charge in [0.15, 0.2) is 11.5 Å². The average Bonchev–Trinajstić information content (AvgIpc) is 3.09. The highest BCUT2D eigenvalue weighted by Gasteiger charge is 2.12. The molecule has 6 aromatic rings. The molecule has 9 heteroatoms. The molecule has 6 rings (SSSR count). The Morgan fingerprint density at radius 2 is 0.809 bits per heavy atom. The summed E-state index contributed by atoms with van der Waals surface area (Å²) in [7, 11) is 0. The van der Waals surface area contributed by atoms with E-state index in [0.717, 1.165) is 0 Å². The van der Waals surface area contributed by atoms with Gasteiger partial charge in [-0.05, 0) is 72.8 Å². The van der Waals surface area contributed by atoms with Crippen molar-refractivity contribution in [3.8, 4) is 34.5 Å². The van der Waals surface area contributed by atoms with Crippen LogP contribution in [0.25, 0.3) is 0 Å². The van der Waals surface area contributed by atoms with Gasteiger partial charge in [0.2, 0.25) is 0 Å². The fraction of sp³-hybridized carbons (Fsp3) is 0. The molecular formula is C38H33NO8. The lowest BCUT2D eigenvalue weighted by Gasteiger charge is -2.05. The average molecular weight is 632 g/mol. The van der Waals surface area contributed by atoms with Crippen molar-refractivity contribution in [1.82, 2.24) is 0 Å². The van der Waals surface area contributed by atoms with E-state index in [1.807, 2.05) is 30.3 Å². The Hall–Kier alpha value is -6.74. The molecule has 6 N–H and O–H groups in total. The number of phenols is 5. The van der Waals surface area contributed by atoms with E-state index in [1.54, 1.807) is 103 Å². The minimum atomic E-state index is -0.565. The number of esters is 1. The molecule has 0 atom stereocenters. The van der Waals surface area contributed by atoms with Crippen LogP contribution in [0.2, 0.25) is 0 Å². The number of amides is 1. The zero-order valence-corrected chi connectivity index (χ0v) is 25.0. The fourth-order valence-electron chi connectivity index (χ4n) is 3.57. The van der Waals surface area contributed by atoms with Crippen LogP contribution in [0.1, 0.15) is 20.7 Å². The Kier molecular flexibility index (Phi) is 13.9. The third kappa shape index (κ3) is 12.4. The number of anilines is 1. The van der Waals surface area contributed by atoms with Crippen LogP contribution in [0.15, 0.2) is 164 Å². The number of phenolic OH excluding ortho intramolecular Hbond substituents is 5. The lowest BCUT2D eigenvalue weighted by atomic mass is 10.2. The number of benzene rings is 6. The van der Waals surface area contributed by atoms with Gasteiger partial charge in [-0.15, -0.1) is 0 Å². The summed E-state index contributed by atoms with van der Waals surface area (Å²) in [5, 5.41) is 47.6. The van der Waals surface area contributed by atoms with Crippen molar-refractivity contribution in [2.24, 2.45) is 0 Å². The predicted octanol–water partition coefficient (Wildman–Crippen LogP) is 7.75. The molecule has 0 aliphatic rings. The standard InChI is InChI=1S/C13H11NO2.C13H10O3.C6H6O2.C6H6O/c15-12-9-5-4-8-11(12)13(16)14-10-6-2-1-3-7-10;14-12-9-5-4-8-11(12)13(15)16-10-6-2-1-3-7-10;7-5-3-1-2-4-6(5)8;7-6-4-2-1-3-5-6/h1-9,15H,(H,14,16);1-9,14H;1-4,7-8H;1-5,7H. The molecule has 0 saturated heterocycles. The Morgan fingerprint density at radius 1 is 0.426 bits per heavy atom. The van der Waals surface area contributed by atoms with E-state index in [2.05, 4.69) is 5.32 Å². The second-order valence-corrected chi connectivity index (χ2v) is 9.38. The Morgan fingerprint density at radius 3 is 1.23 bits per heavy atom. The van der Waals surface area contributed by atoms with Crippen molar-refractivity contribution in [2.75, 3.05) is 5.32 Å². The van der Waals surface area contributed by atoms with Crippen LogP contribution in [0, 0.1) is 0 Å². The van der Waals surface area contributed by atoms with E-state index in [1.165, 1.54) is 30.3 Å². The minimum Gasteiger partial charge on any atom is -0.508 e. The molecule has 0 aromatic heterocycles. The van der Waals surface area contributed by atoms with Gasteiger partial charge in [0.05, 0.1) is 5.56 Å². The summed E-state index contributed by atoms with van der Waals surface area (Å²) in [6, 6.07) is 45.4. The highest BCUT2D eigenvalue weighted by atomic mass is 16.5. The Balaban J connectivity index is 0.000000181. The van der Waals surface area contributed by atoms with Crippen LogP contribution >= 0.6 is 0 Å². The molecule has 47 heavy (non-hydrogen) atoms. The molecular weight excluding hydrogens is 598 g/mol. The number of rotatable bonds is 4. The molecule has 9 nitrogen and oxygen atoms in total. The summed E-state index contributed by atoms with van der Waals surface area (Å²) in [6.07, 6.45) is 0. The molecule has 0 bridgehead atoms. The van der Waals surface area contributed by atoms with Crippen molar-refractivity contribution in [3.05, 3.63) is 175 Å². The lowest BCUT2D eigenvalue weighted by Crippen LogP contribution is -2.11. The first-order valence-electron chi connectivity index (χ1n) is 14.1. The number of ether oxygens (including phenoxy) is 1. The zero-order valence-electron chi connectivity index (χ0n) is 25.0. The first kappa shape index (κ1) is 34.7. The Bertz CT molecular complexity index is 1700. The van der Waals surface area contributed by atoms with Crippen LogP contribution in [0.5, 0.6) is 34.5 Å². The maximum absolute atomic E-state index is 11.8. The van der Waals surface area contributed by atoms with Gasteiger partial charge in [0.25, 0.3) is 5.91 Å². The monoisotopic (exact) mass is 631 g/mol. The second-order valence-electron chi connectivity index (χ2n) is 9.38. The number of carbonyl (C=O) groups excluding carboxylic acids is 2. The first-order chi connectivity index (χ1) is 22.7. The van der Waals surface area contributed by atoms with Crippen LogP contribution in [0.3, 0.4) is 0 Å². The molecule has 0 heterocycles. The minimum absolute atomic E-state index is 0.0177. The molecule has 0 aliphatic heterocycles. The molecule has 238 valence electrons. The highest BCUT2D eigenvalue weighted by molar-refractivity contribution is 6.06. The van der Waals surface area contributed by atoms with Crippen molar-refractivity contribution in [2.45, 2.75) is 0 Å². The molecule has 6 aromatic carbocycles. The predicted molar refractivity (Wildman–Crippen MR) is 180 cm³/mol. The van der Waals surface area contributed by atoms with Gasteiger partial charge in [0.1, 0.15) is 28.6 Å². The fourth-order valence-corrected chi connectivity index (χ4v) is 3.57. The normalized spacial score (nSPS) is 9.45. The van der Waals surface area contributed by atoms with Crippen molar-refractivity contribution in [1.29, 1.82) is 0 Å². The first-order valence-corrected chi connectivity index (χ1v) is 14.1. The maximum atomic E-state index is 11.8. The van der Waals surface area contributed by atoms with E-state index in [-0.39, 0.29) is 40.0 Å². The van der Waals surface area contributed by atoms with E-state index >= 15 is 0 Å². The third-order valence-corrected chi connectivity index (χ3v) is 5.90. The number of nitrogens with one attached hydrogen (secondary N) is 1.